The molecule has 0 spiro atoms. The fraction of sp³-hybridized carbons (Fsp3) is 0.571. The molecule has 0 N–H and O–H groups in total. The van der Waals surface area contributed by atoms with E-state index in [0.29, 0.717) is 23.9 Å². The summed E-state index contributed by atoms with van der Waals surface area (Å²) in [6.45, 7) is 3.71. The van der Waals surface area contributed by atoms with Crippen molar-refractivity contribution in [3.63, 3.8) is 0 Å². The Balaban J connectivity index is 2.14. The molecule has 1 unspecified atom stereocenters. The Morgan fingerprint density at radius 3 is 2.95 bits per heavy atom. The molecule has 1 aliphatic heterocycles. The number of esters is 1. The summed E-state index contributed by atoms with van der Waals surface area (Å²) in [5.74, 6) is -0.609. The van der Waals surface area contributed by atoms with E-state index in [4.69, 9.17) is 16.3 Å². The van der Waals surface area contributed by atoms with Crippen molar-refractivity contribution in [1.29, 1.82) is 0 Å². The summed E-state index contributed by atoms with van der Waals surface area (Å²) in [5.41, 5.74) is 0.535. The van der Waals surface area contributed by atoms with E-state index in [1.807, 2.05) is 11.5 Å². The second kappa shape index (κ2) is 6.95. The summed E-state index contributed by atoms with van der Waals surface area (Å²) in [4.78, 5) is 25.7. The molecule has 0 aromatic carbocycles. The molecule has 0 radical (unpaired) electrons. The van der Waals surface area contributed by atoms with Gasteiger partial charge in [0, 0.05) is 19.3 Å². The number of rotatable bonds is 4. The largest absolute Gasteiger partial charge is 0.467 e. The first-order valence-corrected chi connectivity index (χ1v) is 7.29. The van der Waals surface area contributed by atoms with Gasteiger partial charge < -0.3 is 18.9 Å². The summed E-state index contributed by atoms with van der Waals surface area (Å²) in [6, 6.07) is 1.65. The molecule has 0 bridgehead atoms. The van der Waals surface area contributed by atoms with Gasteiger partial charge in [-0.05, 0) is 12.5 Å². The number of aromatic nitrogens is 1. The van der Waals surface area contributed by atoms with Crippen LogP contribution in [0, 0.1) is 0 Å². The monoisotopic (exact) mass is 314 g/mol. The Bertz CT molecular complexity index is 529. The quantitative estimate of drug-likeness (QED) is 0.791. The first-order valence-electron chi connectivity index (χ1n) is 6.91. The molecule has 21 heavy (non-hydrogen) atoms. The number of methoxy groups -OCH3 is 1. The van der Waals surface area contributed by atoms with Gasteiger partial charge in [-0.15, -0.1) is 0 Å². The highest BCUT2D eigenvalue weighted by atomic mass is 35.5. The summed E-state index contributed by atoms with van der Waals surface area (Å²) in [5, 5.41) is 0.532. The predicted octanol–water partition coefficient (Wildman–Crippen LogP) is 1.57. The zero-order valence-electron chi connectivity index (χ0n) is 12.2. The normalized spacial score (nSPS) is 18.6. The number of nitrogens with zero attached hydrogens (tertiary/aromatic N) is 2. The lowest BCUT2D eigenvalue weighted by Crippen LogP contribution is -2.49. The van der Waals surface area contributed by atoms with Crippen LogP contribution in [-0.2, 0) is 20.8 Å². The van der Waals surface area contributed by atoms with Gasteiger partial charge >= 0.3 is 5.97 Å². The summed E-state index contributed by atoms with van der Waals surface area (Å²) in [7, 11) is 1.30. The van der Waals surface area contributed by atoms with Gasteiger partial charge in [0.2, 0.25) is 0 Å². The van der Waals surface area contributed by atoms with Crippen LogP contribution in [0.5, 0.6) is 0 Å². The lowest BCUT2D eigenvalue weighted by molar-refractivity contribution is -0.158. The Morgan fingerprint density at radius 1 is 1.52 bits per heavy atom. The number of ether oxygens (including phenoxy) is 2. The minimum absolute atomic E-state index is 0.146. The number of carbonyl (C=O) groups excluding carboxylic acids is 2. The van der Waals surface area contributed by atoms with Crippen LogP contribution in [0.1, 0.15) is 23.8 Å². The molecule has 1 aromatic heterocycles. The predicted molar refractivity (Wildman–Crippen MR) is 77.4 cm³/mol. The molecule has 1 atom stereocenters. The molecule has 7 heteroatoms. The Kier molecular flexibility index (Phi) is 5.25. The fourth-order valence-corrected chi connectivity index (χ4v) is 2.57. The van der Waals surface area contributed by atoms with Crippen LogP contribution >= 0.6 is 11.6 Å². The number of amides is 1. The van der Waals surface area contributed by atoms with Crippen molar-refractivity contribution in [2.24, 2.45) is 0 Å². The number of hydrogen-bond donors (Lipinski definition) is 0. The molecule has 1 fully saturated rings. The van der Waals surface area contributed by atoms with E-state index < -0.39 is 12.1 Å². The van der Waals surface area contributed by atoms with Gasteiger partial charge in [0.1, 0.15) is 5.69 Å². The highest BCUT2D eigenvalue weighted by molar-refractivity contribution is 6.31. The third kappa shape index (κ3) is 3.57. The van der Waals surface area contributed by atoms with E-state index in [1.54, 1.807) is 17.2 Å². The van der Waals surface area contributed by atoms with E-state index in [0.717, 1.165) is 13.0 Å². The molecule has 116 valence electrons. The molecular formula is C14H19ClN2O4. The highest BCUT2D eigenvalue weighted by Gasteiger charge is 2.31. The van der Waals surface area contributed by atoms with E-state index >= 15 is 0 Å². The number of carbonyl (C=O) groups is 2. The zero-order valence-corrected chi connectivity index (χ0v) is 12.9. The van der Waals surface area contributed by atoms with E-state index in [9.17, 15) is 9.59 Å². The maximum absolute atomic E-state index is 12.6. The zero-order chi connectivity index (χ0) is 15.4. The third-order valence-corrected chi connectivity index (χ3v) is 3.57. The molecule has 0 aliphatic carbocycles. The highest BCUT2D eigenvalue weighted by Crippen LogP contribution is 2.18. The molecule has 6 nitrogen and oxygen atoms in total. The number of aryl methyl sites for hydroxylation is 1. The first kappa shape index (κ1) is 15.9. The average molecular weight is 315 g/mol. The molecular weight excluding hydrogens is 296 g/mol. The topological polar surface area (TPSA) is 60.8 Å². The molecule has 1 saturated heterocycles. The second-order valence-corrected chi connectivity index (χ2v) is 5.31. The smallest absolute Gasteiger partial charge is 0.336 e. The van der Waals surface area contributed by atoms with Crippen molar-refractivity contribution >= 4 is 23.5 Å². The van der Waals surface area contributed by atoms with Gasteiger partial charge in [0.25, 0.3) is 5.91 Å². The number of hydrogen-bond acceptors (Lipinski definition) is 4. The van der Waals surface area contributed by atoms with Gasteiger partial charge in [-0.2, -0.15) is 0 Å². The molecule has 2 heterocycles. The van der Waals surface area contributed by atoms with Crippen molar-refractivity contribution in [3.05, 3.63) is 23.0 Å². The van der Waals surface area contributed by atoms with Crippen LogP contribution in [0.3, 0.4) is 0 Å². The van der Waals surface area contributed by atoms with Gasteiger partial charge in [-0.1, -0.05) is 18.5 Å². The SMILES string of the molecule is CCCn1cc(Cl)cc1C(=O)N1CCOC(C(=O)OC)C1. The van der Waals surface area contributed by atoms with E-state index in [-0.39, 0.29) is 12.5 Å². The average Bonchev–Trinajstić information content (AvgIpc) is 2.87. The van der Waals surface area contributed by atoms with E-state index in [2.05, 4.69) is 4.74 Å². The van der Waals surface area contributed by atoms with Crippen LogP contribution < -0.4 is 0 Å². The summed E-state index contributed by atoms with van der Waals surface area (Å²) < 4.78 is 11.8. The van der Waals surface area contributed by atoms with Crippen molar-refractivity contribution in [3.8, 4) is 0 Å². The van der Waals surface area contributed by atoms with Crippen LogP contribution in [0.15, 0.2) is 12.3 Å². The van der Waals surface area contributed by atoms with Gasteiger partial charge in [-0.3, -0.25) is 4.79 Å². The number of halogens is 1. The Labute approximate surface area is 128 Å². The molecule has 2 rings (SSSR count). The molecule has 1 amide bonds. The van der Waals surface area contributed by atoms with Crippen LogP contribution in [-0.4, -0.2) is 54.3 Å². The Hall–Kier alpha value is -1.53. The van der Waals surface area contributed by atoms with Crippen molar-refractivity contribution < 1.29 is 19.1 Å². The van der Waals surface area contributed by atoms with Crippen molar-refractivity contribution in [1.82, 2.24) is 9.47 Å². The van der Waals surface area contributed by atoms with Crippen LogP contribution in [0.25, 0.3) is 0 Å². The first-order chi connectivity index (χ1) is 10.1. The fourth-order valence-electron chi connectivity index (χ4n) is 2.35. The Morgan fingerprint density at radius 2 is 2.29 bits per heavy atom. The molecule has 0 saturated carbocycles. The molecule has 1 aliphatic rings. The standard InChI is InChI=1S/C14H19ClN2O4/c1-3-4-16-8-10(15)7-11(16)13(18)17-5-6-21-12(9-17)14(19)20-2/h7-8,12H,3-6,9H2,1-2H3. The van der Waals surface area contributed by atoms with Gasteiger partial charge in [-0.25, -0.2) is 4.79 Å². The van der Waals surface area contributed by atoms with Gasteiger partial charge in [0.15, 0.2) is 6.10 Å². The maximum atomic E-state index is 12.6. The minimum Gasteiger partial charge on any atom is -0.467 e. The van der Waals surface area contributed by atoms with Crippen molar-refractivity contribution in [2.75, 3.05) is 26.8 Å². The number of morpholine rings is 1. The van der Waals surface area contributed by atoms with Crippen molar-refractivity contribution in [2.45, 2.75) is 26.0 Å². The minimum atomic E-state index is -0.724. The molecule has 1 aromatic rings. The lowest BCUT2D eigenvalue weighted by Gasteiger charge is -2.31. The van der Waals surface area contributed by atoms with Crippen LogP contribution in [0.2, 0.25) is 5.02 Å². The van der Waals surface area contributed by atoms with E-state index in [1.165, 1.54) is 7.11 Å². The van der Waals surface area contributed by atoms with Crippen LogP contribution in [0.4, 0.5) is 0 Å². The second-order valence-electron chi connectivity index (χ2n) is 4.87. The lowest BCUT2D eigenvalue weighted by atomic mass is 10.2. The maximum Gasteiger partial charge on any atom is 0.336 e. The summed E-state index contributed by atoms with van der Waals surface area (Å²) in [6.07, 6.45) is 1.92. The third-order valence-electron chi connectivity index (χ3n) is 3.36. The summed E-state index contributed by atoms with van der Waals surface area (Å²) >= 11 is 6.00. The van der Waals surface area contributed by atoms with Gasteiger partial charge in [0.05, 0.1) is 25.3 Å².